The summed E-state index contributed by atoms with van der Waals surface area (Å²) in [7, 11) is 0. The van der Waals surface area contributed by atoms with E-state index in [1.54, 1.807) is 6.34 Å². The van der Waals surface area contributed by atoms with Crippen molar-refractivity contribution in [3.8, 4) is 0 Å². The second-order valence-electron chi connectivity index (χ2n) is 3.83. The topological polar surface area (TPSA) is 72.8 Å². The molecule has 3 rings (SSSR count). The van der Waals surface area contributed by atoms with E-state index in [0.717, 1.165) is 6.54 Å². The summed E-state index contributed by atoms with van der Waals surface area (Å²) in [6.45, 7) is 0.867. The zero-order valence-electron chi connectivity index (χ0n) is 8.22. The standard InChI is InChI=1S/C9H14N6/c1-2-12-8(11-1)7-4-13-9(15-7)6-3-10-5-14-6/h1-2,4-9,11-12,15H,3H2,(H,10,14). The Labute approximate surface area is 87.9 Å². The summed E-state index contributed by atoms with van der Waals surface area (Å²) in [6, 6.07) is 0.446. The van der Waals surface area contributed by atoms with Crippen LogP contribution in [0.2, 0.25) is 0 Å². The molecule has 0 aromatic heterocycles. The first-order valence-electron chi connectivity index (χ1n) is 5.15. The van der Waals surface area contributed by atoms with Gasteiger partial charge in [0.1, 0.15) is 18.4 Å². The van der Waals surface area contributed by atoms with Crippen LogP contribution >= 0.6 is 0 Å². The second kappa shape index (κ2) is 3.54. The molecule has 0 radical (unpaired) electrons. The van der Waals surface area contributed by atoms with Gasteiger partial charge in [-0.3, -0.25) is 15.3 Å². The highest BCUT2D eigenvalue weighted by Crippen LogP contribution is 2.10. The molecule has 0 saturated heterocycles. The van der Waals surface area contributed by atoms with Crippen LogP contribution in [0.5, 0.6) is 0 Å². The van der Waals surface area contributed by atoms with E-state index >= 15 is 0 Å². The Bertz CT molecular complexity index is 315. The monoisotopic (exact) mass is 206 g/mol. The third-order valence-corrected chi connectivity index (χ3v) is 2.81. The van der Waals surface area contributed by atoms with Gasteiger partial charge in [0.05, 0.1) is 12.4 Å². The van der Waals surface area contributed by atoms with Crippen molar-refractivity contribution in [1.82, 2.24) is 21.3 Å². The normalized spacial score (nSPS) is 38.0. The van der Waals surface area contributed by atoms with Crippen LogP contribution in [0.3, 0.4) is 0 Å². The molecule has 3 aliphatic rings. The molecule has 0 aromatic carbocycles. The average Bonchev–Trinajstić information content (AvgIpc) is 3.02. The number of nitrogens with zero attached hydrogens (tertiary/aromatic N) is 2. The molecule has 3 atom stereocenters. The molecule has 15 heavy (non-hydrogen) atoms. The first kappa shape index (κ1) is 8.72. The lowest BCUT2D eigenvalue weighted by Gasteiger charge is -2.21. The predicted molar refractivity (Wildman–Crippen MR) is 58.7 cm³/mol. The van der Waals surface area contributed by atoms with E-state index in [9.17, 15) is 0 Å². The van der Waals surface area contributed by atoms with Gasteiger partial charge < -0.3 is 16.0 Å². The Hall–Kier alpha value is -1.56. The summed E-state index contributed by atoms with van der Waals surface area (Å²) < 4.78 is 0. The quantitative estimate of drug-likeness (QED) is 0.436. The van der Waals surface area contributed by atoms with Crippen molar-refractivity contribution in [2.45, 2.75) is 24.4 Å². The van der Waals surface area contributed by atoms with Gasteiger partial charge in [-0.05, 0) is 0 Å². The minimum atomic E-state index is 0.102. The molecule has 0 amide bonds. The van der Waals surface area contributed by atoms with Gasteiger partial charge in [0.2, 0.25) is 0 Å². The Morgan fingerprint density at radius 1 is 1.13 bits per heavy atom. The van der Waals surface area contributed by atoms with Crippen LogP contribution in [0.15, 0.2) is 22.4 Å². The van der Waals surface area contributed by atoms with Gasteiger partial charge in [0.15, 0.2) is 0 Å². The fourth-order valence-corrected chi connectivity index (χ4v) is 1.99. The Morgan fingerprint density at radius 2 is 2.00 bits per heavy atom. The van der Waals surface area contributed by atoms with Crippen molar-refractivity contribution in [2.75, 3.05) is 6.54 Å². The van der Waals surface area contributed by atoms with Crippen LogP contribution in [0.25, 0.3) is 0 Å². The van der Waals surface area contributed by atoms with Gasteiger partial charge in [0.25, 0.3) is 0 Å². The third-order valence-electron chi connectivity index (χ3n) is 2.81. The zero-order valence-corrected chi connectivity index (χ0v) is 8.22. The third kappa shape index (κ3) is 1.56. The van der Waals surface area contributed by atoms with E-state index in [1.807, 2.05) is 18.6 Å². The minimum absolute atomic E-state index is 0.102. The average molecular weight is 206 g/mol. The van der Waals surface area contributed by atoms with Crippen LogP contribution in [-0.4, -0.2) is 43.5 Å². The van der Waals surface area contributed by atoms with Crippen LogP contribution in [0.4, 0.5) is 0 Å². The lowest BCUT2D eigenvalue weighted by atomic mass is 10.2. The maximum Gasteiger partial charge on any atom is 0.124 e. The van der Waals surface area contributed by atoms with Crippen molar-refractivity contribution in [2.24, 2.45) is 9.98 Å². The molecule has 80 valence electrons. The van der Waals surface area contributed by atoms with E-state index in [4.69, 9.17) is 0 Å². The summed E-state index contributed by atoms with van der Waals surface area (Å²) in [5.74, 6) is 0. The first-order valence-corrected chi connectivity index (χ1v) is 5.15. The summed E-state index contributed by atoms with van der Waals surface area (Å²) in [5, 5.41) is 12.9. The molecular formula is C9H14N6. The highest BCUT2D eigenvalue weighted by molar-refractivity contribution is 5.68. The number of rotatable bonds is 2. The molecule has 3 aliphatic heterocycles. The molecule has 0 saturated carbocycles. The summed E-state index contributed by atoms with van der Waals surface area (Å²) in [6.07, 6.45) is 7.83. The van der Waals surface area contributed by atoms with E-state index in [2.05, 4.69) is 31.3 Å². The second-order valence-corrected chi connectivity index (χ2v) is 3.83. The van der Waals surface area contributed by atoms with Gasteiger partial charge in [-0.15, -0.1) is 0 Å². The first-order chi connectivity index (χ1) is 7.43. The van der Waals surface area contributed by atoms with Gasteiger partial charge in [0, 0.05) is 25.2 Å². The van der Waals surface area contributed by atoms with Gasteiger partial charge in [-0.1, -0.05) is 0 Å². The van der Waals surface area contributed by atoms with Gasteiger partial charge in [-0.25, -0.2) is 0 Å². The summed E-state index contributed by atoms with van der Waals surface area (Å²) in [5.41, 5.74) is 0. The van der Waals surface area contributed by atoms with E-state index < -0.39 is 0 Å². The van der Waals surface area contributed by atoms with Crippen LogP contribution in [0.1, 0.15) is 0 Å². The molecule has 3 unspecified atom stereocenters. The van der Waals surface area contributed by atoms with Gasteiger partial charge >= 0.3 is 0 Å². The highest BCUT2D eigenvalue weighted by atomic mass is 15.3. The molecule has 6 heteroatoms. The molecule has 4 N–H and O–H groups in total. The molecule has 0 bridgehead atoms. The molecular weight excluding hydrogens is 192 g/mol. The molecule has 0 spiro atoms. The maximum absolute atomic E-state index is 4.45. The van der Waals surface area contributed by atoms with Crippen LogP contribution < -0.4 is 21.3 Å². The Balaban J connectivity index is 1.59. The van der Waals surface area contributed by atoms with Crippen LogP contribution in [0, 0.1) is 0 Å². The van der Waals surface area contributed by atoms with Crippen molar-refractivity contribution in [1.29, 1.82) is 0 Å². The fourth-order valence-electron chi connectivity index (χ4n) is 1.99. The summed E-state index contributed by atoms with van der Waals surface area (Å²) >= 11 is 0. The van der Waals surface area contributed by atoms with Crippen LogP contribution in [-0.2, 0) is 0 Å². The zero-order chi connectivity index (χ0) is 10.1. The smallest absolute Gasteiger partial charge is 0.124 e. The Morgan fingerprint density at radius 3 is 2.73 bits per heavy atom. The largest absolute Gasteiger partial charge is 0.374 e. The maximum atomic E-state index is 4.45. The lowest BCUT2D eigenvalue weighted by Crippen LogP contribution is -2.52. The Kier molecular flexibility index (Phi) is 2.06. The minimum Gasteiger partial charge on any atom is -0.374 e. The molecule has 0 aromatic rings. The van der Waals surface area contributed by atoms with E-state index in [-0.39, 0.29) is 24.4 Å². The molecule has 6 nitrogen and oxygen atoms in total. The number of aliphatic imine (C=N–C) groups is 2. The molecule has 0 fully saturated rings. The number of hydrogen-bond donors (Lipinski definition) is 4. The van der Waals surface area contributed by atoms with Crippen molar-refractivity contribution in [3.05, 3.63) is 12.4 Å². The van der Waals surface area contributed by atoms with E-state index in [0.29, 0.717) is 0 Å². The number of hydrogen-bond acceptors (Lipinski definition) is 6. The highest BCUT2D eigenvalue weighted by Gasteiger charge is 2.32. The SMILES string of the molecule is C1=CNC(C2C=NC(C3CNC=N3)N2)N1. The van der Waals surface area contributed by atoms with Crippen molar-refractivity contribution < 1.29 is 0 Å². The predicted octanol–water partition coefficient (Wildman–Crippen LogP) is -1.65. The van der Waals surface area contributed by atoms with E-state index in [1.165, 1.54) is 0 Å². The van der Waals surface area contributed by atoms with Crippen molar-refractivity contribution >= 4 is 12.6 Å². The van der Waals surface area contributed by atoms with Crippen molar-refractivity contribution in [3.63, 3.8) is 0 Å². The lowest BCUT2D eigenvalue weighted by molar-refractivity contribution is 0.407. The van der Waals surface area contributed by atoms with Gasteiger partial charge in [-0.2, -0.15) is 0 Å². The molecule has 3 heterocycles. The molecule has 0 aliphatic carbocycles. The number of nitrogens with one attached hydrogen (secondary N) is 4. The summed E-state index contributed by atoms with van der Waals surface area (Å²) in [4.78, 5) is 8.76. The fraction of sp³-hybridized carbons (Fsp3) is 0.556.